The molecule has 0 spiro atoms. The van der Waals surface area contributed by atoms with Crippen molar-refractivity contribution in [1.82, 2.24) is 0 Å². The van der Waals surface area contributed by atoms with Crippen molar-refractivity contribution < 1.29 is 9.18 Å². The van der Waals surface area contributed by atoms with Gasteiger partial charge in [-0.25, -0.2) is 4.39 Å². The van der Waals surface area contributed by atoms with Gasteiger partial charge in [0.2, 0.25) is 0 Å². The number of benzene rings is 2. The van der Waals surface area contributed by atoms with Crippen LogP contribution in [0.5, 0.6) is 0 Å². The highest BCUT2D eigenvalue weighted by molar-refractivity contribution is 7.98. The van der Waals surface area contributed by atoms with E-state index in [1.54, 1.807) is 12.1 Å². The summed E-state index contributed by atoms with van der Waals surface area (Å²) in [5, 5.41) is 0. The second-order valence-corrected chi connectivity index (χ2v) is 5.37. The van der Waals surface area contributed by atoms with Crippen molar-refractivity contribution in [3.63, 3.8) is 0 Å². The lowest BCUT2D eigenvalue weighted by Crippen LogP contribution is -1.98. The molecule has 0 aliphatic heterocycles. The van der Waals surface area contributed by atoms with Gasteiger partial charge < -0.3 is 0 Å². The lowest BCUT2D eigenvalue weighted by molar-refractivity contribution is 0.101. The van der Waals surface area contributed by atoms with Gasteiger partial charge in [-0.15, -0.1) is 11.8 Å². The van der Waals surface area contributed by atoms with Crippen LogP contribution in [0.4, 0.5) is 4.39 Å². The van der Waals surface area contributed by atoms with Crippen molar-refractivity contribution in [3.05, 3.63) is 65.0 Å². The lowest BCUT2D eigenvalue weighted by Gasteiger charge is -2.09. The molecule has 2 rings (SSSR count). The lowest BCUT2D eigenvalue weighted by atomic mass is 10.1. The molecule has 98 valence electrons. The third-order valence-electron chi connectivity index (χ3n) is 2.98. The molecule has 0 aromatic heterocycles. The van der Waals surface area contributed by atoms with Crippen LogP contribution in [0.25, 0.3) is 0 Å². The van der Waals surface area contributed by atoms with Crippen LogP contribution in [0.15, 0.2) is 47.4 Å². The summed E-state index contributed by atoms with van der Waals surface area (Å²) in [5.41, 5.74) is 2.79. The van der Waals surface area contributed by atoms with E-state index >= 15 is 0 Å². The summed E-state index contributed by atoms with van der Waals surface area (Å²) >= 11 is 1.37. The largest absolute Gasteiger partial charge is 0.294 e. The maximum absolute atomic E-state index is 13.8. The molecule has 0 N–H and O–H groups in total. The molecule has 0 heterocycles. The smallest absolute Gasteiger partial charge is 0.161 e. The first-order valence-electron chi connectivity index (χ1n) is 6.06. The minimum atomic E-state index is -0.328. The van der Waals surface area contributed by atoms with Gasteiger partial charge in [-0.3, -0.25) is 4.79 Å². The zero-order chi connectivity index (χ0) is 13.8. The molecule has 0 aliphatic rings. The van der Waals surface area contributed by atoms with Gasteiger partial charge in [-0.2, -0.15) is 0 Å². The highest BCUT2D eigenvalue weighted by atomic mass is 32.2. The third-order valence-corrected chi connectivity index (χ3v) is 4.14. The van der Waals surface area contributed by atoms with E-state index in [0.29, 0.717) is 16.2 Å². The second-order valence-electron chi connectivity index (χ2n) is 4.39. The second kappa shape index (κ2) is 6.02. The van der Waals surface area contributed by atoms with Gasteiger partial charge >= 0.3 is 0 Å². The number of halogens is 1. The Bertz CT molecular complexity index is 607. The molecule has 0 saturated carbocycles. The van der Waals surface area contributed by atoms with Gasteiger partial charge in [0.25, 0.3) is 0 Å². The Labute approximate surface area is 116 Å². The quantitative estimate of drug-likeness (QED) is 0.597. The van der Waals surface area contributed by atoms with Crippen molar-refractivity contribution in [2.24, 2.45) is 0 Å². The van der Waals surface area contributed by atoms with Crippen LogP contribution in [0.1, 0.15) is 28.4 Å². The zero-order valence-corrected chi connectivity index (χ0v) is 11.8. The predicted molar refractivity (Wildman–Crippen MR) is 77.1 cm³/mol. The number of thioether (sulfide) groups is 1. The van der Waals surface area contributed by atoms with Gasteiger partial charge in [0.15, 0.2) is 5.78 Å². The predicted octanol–water partition coefficient (Wildman–Crippen LogP) is 4.63. The van der Waals surface area contributed by atoms with Gasteiger partial charge in [0, 0.05) is 11.3 Å². The number of carbonyl (C=O) groups excluding carboxylic acids is 1. The van der Waals surface area contributed by atoms with Crippen molar-refractivity contribution in [2.75, 3.05) is 0 Å². The molecule has 0 amide bonds. The molecule has 0 saturated heterocycles. The molecule has 3 heteroatoms. The Morgan fingerprint density at radius 2 is 1.89 bits per heavy atom. The van der Waals surface area contributed by atoms with Crippen LogP contribution in [0.3, 0.4) is 0 Å². The molecule has 1 nitrogen and oxygen atoms in total. The fourth-order valence-electron chi connectivity index (χ4n) is 1.85. The zero-order valence-electron chi connectivity index (χ0n) is 10.9. The van der Waals surface area contributed by atoms with E-state index in [4.69, 9.17) is 0 Å². The summed E-state index contributed by atoms with van der Waals surface area (Å²) < 4.78 is 13.8. The van der Waals surface area contributed by atoms with Crippen LogP contribution in [-0.2, 0) is 5.75 Å². The number of carbonyl (C=O) groups is 1. The summed E-state index contributed by atoms with van der Waals surface area (Å²) in [6.07, 6.45) is 0. The molecule has 0 unspecified atom stereocenters. The van der Waals surface area contributed by atoms with Crippen molar-refractivity contribution >= 4 is 17.5 Å². The summed E-state index contributed by atoms with van der Waals surface area (Å²) in [6, 6.07) is 12.6. The van der Waals surface area contributed by atoms with E-state index in [9.17, 15) is 9.18 Å². The summed E-state index contributed by atoms with van der Waals surface area (Å²) in [5.74, 6) is 0.228. The summed E-state index contributed by atoms with van der Waals surface area (Å²) in [6.45, 7) is 3.50. The Balaban J connectivity index is 2.25. The van der Waals surface area contributed by atoms with Crippen LogP contribution in [-0.4, -0.2) is 5.78 Å². The topological polar surface area (TPSA) is 17.1 Å². The molecule has 19 heavy (non-hydrogen) atoms. The standard InChI is InChI=1S/C16H15FOS/c1-11-6-3-4-7-13(11)10-19-16-14(12(2)18)8-5-9-15(16)17/h3-9H,10H2,1-2H3. The molecule has 2 aromatic rings. The molecular formula is C16H15FOS. The van der Waals surface area contributed by atoms with E-state index in [1.165, 1.54) is 30.3 Å². The third kappa shape index (κ3) is 3.24. The Kier molecular flexibility index (Phi) is 4.38. The molecule has 0 fully saturated rings. The van der Waals surface area contributed by atoms with Gasteiger partial charge in [0.05, 0.1) is 4.90 Å². The molecule has 2 aromatic carbocycles. The number of hydrogen-bond acceptors (Lipinski definition) is 2. The summed E-state index contributed by atoms with van der Waals surface area (Å²) in [4.78, 5) is 12.0. The van der Waals surface area contributed by atoms with E-state index in [-0.39, 0.29) is 11.6 Å². The maximum atomic E-state index is 13.8. The van der Waals surface area contributed by atoms with Crippen molar-refractivity contribution in [2.45, 2.75) is 24.5 Å². The number of Topliss-reactive ketones (excluding diaryl/α,β-unsaturated/α-hetero) is 1. The monoisotopic (exact) mass is 274 g/mol. The van der Waals surface area contributed by atoms with Crippen molar-refractivity contribution in [1.29, 1.82) is 0 Å². The van der Waals surface area contributed by atoms with Gasteiger partial charge in [-0.1, -0.05) is 36.4 Å². The first-order valence-corrected chi connectivity index (χ1v) is 7.05. The number of rotatable bonds is 4. The Hall–Kier alpha value is -1.61. The first kappa shape index (κ1) is 13.8. The van der Waals surface area contributed by atoms with E-state index in [2.05, 4.69) is 0 Å². The normalized spacial score (nSPS) is 10.5. The fourth-order valence-corrected chi connectivity index (χ4v) is 3.05. The van der Waals surface area contributed by atoms with Crippen LogP contribution >= 0.6 is 11.8 Å². The summed E-state index contributed by atoms with van der Waals surface area (Å²) in [7, 11) is 0. The molecule has 0 aliphatic carbocycles. The van der Waals surface area contributed by atoms with Crippen molar-refractivity contribution in [3.8, 4) is 0 Å². The van der Waals surface area contributed by atoms with E-state index in [1.807, 2.05) is 31.2 Å². The Morgan fingerprint density at radius 3 is 2.58 bits per heavy atom. The first-order chi connectivity index (χ1) is 9.09. The maximum Gasteiger partial charge on any atom is 0.161 e. The van der Waals surface area contributed by atoms with Crippen LogP contribution in [0, 0.1) is 12.7 Å². The molecule has 0 radical (unpaired) electrons. The number of hydrogen-bond donors (Lipinski definition) is 0. The molecular weight excluding hydrogens is 259 g/mol. The number of ketones is 1. The van der Waals surface area contributed by atoms with Gasteiger partial charge in [0.1, 0.15) is 5.82 Å². The van der Waals surface area contributed by atoms with Gasteiger partial charge in [-0.05, 0) is 31.0 Å². The van der Waals surface area contributed by atoms with E-state index < -0.39 is 0 Å². The minimum absolute atomic E-state index is 0.105. The average Bonchev–Trinajstić information content (AvgIpc) is 2.38. The number of aryl methyl sites for hydroxylation is 1. The highest BCUT2D eigenvalue weighted by Crippen LogP contribution is 2.30. The SMILES string of the molecule is CC(=O)c1cccc(F)c1SCc1ccccc1C. The average molecular weight is 274 g/mol. The Morgan fingerprint density at radius 1 is 1.16 bits per heavy atom. The fraction of sp³-hybridized carbons (Fsp3) is 0.188. The molecule has 0 atom stereocenters. The van der Waals surface area contributed by atoms with Crippen LogP contribution < -0.4 is 0 Å². The van der Waals surface area contributed by atoms with Crippen LogP contribution in [0.2, 0.25) is 0 Å². The van der Waals surface area contributed by atoms with E-state index in [0.717, 1.165) is 5.56 Å². The highest BCUT2D eigenvalue weighted by Gasteiger charge is 2.12. The molecule has 0 bridgehead atoms. The minimum Gasteiger partial charge on any atom is -0.294 e.